The van der Waals surface area contributed by atoms with Gasteiger partial charge in [-0.2, -0.15) is 0 Å². The van der Waals surface area contributed by atoms with Crippen LogP contribution in [-0.2, 0) is 0 Å². The van der Waals surface area contributed by atoms with Crippen LogP contribution >= 0.6 is 12.2 Å². The number of anilines is 2. The minimum atomic E-state index is -0.666. The Bertz CT molecular complexity index is 1260. The summed E-state index contributed by atoms with van der Waals surface area (Å²) in [6.45, 7) is 2.40. The molecule has 0 radical (unpaired) electrons. The van der Waals surface area contributed by atoms with Gasteiger partial charge in [0.05, 0.1) is 16.3 Å². The monoisotopic (exact) mass is 489 g/mol. The van der Waals surface area contributed by atoms with Gasteiger partial charge in [0.1, 0.15) is 5.56 Å². The maximum absolute atomic E-state index is 12.7. The third-order valence-corrected chi connectivity index (χ3v) is 5.86. The van der Waals surface area contributed by atoms with Crippen molar-refractivity contribution in [1.29, 1.82) is 0 Å². The number of nitro groups is 1. The maximum Gasteiger partial charge on any atom is 0.282 e. The number of carbonyl (C=O) groups is 2. The second-order valence-electron chi connectivity index (χ2n) is 7.84. The summed E-state index contributed by atoms with van der Waals surface area (Å²) in [5.74, 6) is -0.657. The number of nitrogens with zero attached hydrogens (tertiary/aromatic N) is 3. The van der Waals surface area contributed by atoms with Gasteiger partial charge < -0.3 is 15.1 Å². The molecule has 0 unspecified atom stereocenters. The van der Waals surface area contributed by atoms with Gasteiger partial charge in [0.25, 0.3) is 17.5 Å². The molecule has 1 aliphatic heterocycles. The van der Waals surface area contributed by atoms with Crippen molar-refractivity contribution in [3.05, 3.63) is 100 Å². The smallest absolute Gasteiger partial charge is 0.282 e. The Hall–Kier alpha value is -4.31. The number of piperazine rings is 1. The van der Waals surface area contributed by atoms with Gasteiger partial charge in [-0.05, 0) is 42.5 Å². The highest BCUT2D eigenvalue weighted by Crippen LogP contribution is 2.27. The molecule has 9 nitrogen and oxygen atoms in total. The molecule has 0 atom stereocenters. The minimum absolute atomic E-state index is 0.00977. The standard InChI is InChI=1S/C25H23N5O4S/c31-23(19-10-4-6-12-21(19)30(33)34)27-25(35)26-20-11-5-7-13-22(20)28-14-16-29(17-15-28)24(32)18-8-2-1-3-9-18/h1-13H,14-17H2,(H2,26,27,31,35). The number of nitrogens with one attached hydrogen (secondary N) is 2. The molecule has 0 aromatic heterocycles. The zero-order chi connectivity index (χ0) is 24.8. The first-order valence-corrected chi connectivity index (χ1v) is 11.4. The molecule has 2 N–H and O–H groups in total. The molecule has 0 saturated carbocycles. The van der Waals surface area contributed by atoms with Gasteiger partial charge in [-0.25, -0.2) is 0 Å². The largest absolute Gasteiger partial charge is 0.366 e. The maximum atomic E-state index is 12.7. The molecule has 4 rings (SSSR count). The predicted molar refractivity (Wildman–Crippen MR) is 138 cm³/mol. The van der Waals surface area contributed by atoms with Crippen molar-refractivity contribution >= 4 is 46.2 Å². The van der Waals surface area contributed by atoms with Gasteiger partial charge in [-0.3, -0.25) is 25.0 Å². The molecular formula is C25H23N5O4S. The van der Waals surface area contributed by atoms with Crippen molar-refractivity contribution in [3.63, 3.8) is 0 Å². The summed E-state index contributed by atoms with van der Waals surface area (Å²) < 4.78 is 0. The van der Waals surface area contributed by atoms with Crippen LogP contribution in [0.25, 0.3) is 0 Å². The zero-order valence-corrected chi connectivity index (χ0v) is 19.5. The molecule has 2 amide bonds. The van der Waals surface area contributed by atoms with E-state index in [2.05, 4.69) is 15.5 Å². The second-order valence-corrected chi connectivity index (χ2v) is 8.25. The fourth-order valence-corrected chi connectivity index (χ4v) is 4.12. The summed E-state index contributed by atoms with van der Waals surface area (Å²) in [4.78, 5) is 39.9. The average molecular weight is 490 g/mol. The first-order valence-electron chi connectivity index (χ1n) is 11.0. The predicted octanol–water partition coefficient (Wildman–Crippen LogP) is 3.68. The lowest BCUT2D eigenvalue weighted by molar-refractivity contribution is -0.385. The van der Waals surface area contributed by atoms with Gasteiger partial charge in [0.15, 0.2) is 5.11 Å². The number of benzene rings is 3. The molecule has 0 aliphatic carbocycles. The molecule has 35 heavy (non-hydrogen) atoms. The Kier molecular flexibility index (Phi) is 7.32. The Balaban J connectivity index is 1.40. The first-order chi connectivity index (χ1) is 16.9. The zero-order valence-electron chi connectivity index (χ0n) is 18.7. The molecule has 1 aliphatic rings. The average Bonchev–Trinajstić information content (AvgIpc) is 2.89. The van der Waals surface area contributed by atoms with Crippen molar-refractivity contribution in [2.45, 2.75) is 0 Å². The summed E-state index contributed by atoms with van der Waals surface area (Å²) in [5.41, 5.74) is 1.86. The number of hydrogen-bond acceptors (Lipinski definition) is 6. The van der Waals surface area contributed by atoms with Crippen LogP contribution in [0, 0.1) is 10.1 Å². The third kappa shape index (κ3) is 5.61. The van der Waals surface area contributed by atoms with Crippen LogP contribution in [0.1, 0.15) is 20.7 Å². The number of para-hydroxylation sites is 3. The summed E-state index contributed by atoms with van der Waals surface area (Å²) in [5, 5.41) is 16.8. The van der Waals surface area contributed by atoms with E-state index in [0.717, 1.165) is 5.69 Å². The van der Waals surface area contributed by atoms with Crippen molar-refractivity contribution in [2.24, 2.45) is 0 Å². The van der Waals surface area contributed by atoms with Crippen molar-refractivity contribution in [2.75, 3.05) is 36.4 Å². The fourth-order valence-electron chi connectivity index (χ4n) is 3.92. The normalized spacial score (nSPS) is 13.1. The van der Waals surface area contributed by atoms with Gasteiger partial charge >= 0.3 is 0 Å². The summed E-state index contributed by atoms with van der Waals surface area (Å²) in [6, 6.07) is 22.4. The van der Waals surface area contributed by atoms with Crippen LogP contribution in [0.3, 0.4) is 0 Å². The van der Waals surface area contributed by atoms with E-state index in [-0.39, 0.29) is 22.3 Å². The molecule has 10 heteroatoms. The van der Waals surface area contributed by atoms with Crippen LogP contribution in [0.5, 0.6) is 0 Å². The number of hydrogen-bond donors (Lipinski definition) is 2. The number of rotatable bonds is 5. The summed E-state index contributed by atoms with van der Waals surface area (Å²) in [6.07, 6.45) is 0. The van der Waals surface area contributed by atoms with Crippen molar-refractivity contribution in [1.82, 2.24) is 10.2 Å². The lowest BCUT2D eigenvalue weighted by Crippen LogP contribution is -2.49. The molecular weight excluding hydrogens is 466 g/mol. The van der Waals surface area contributed by atoms with Gasteiger partial charge in [-0.15, -0.1) is 0 Å². The van der Waals surface area contributed by atoms with Crippen LogP contribution < -0.4 is 15.5 Å². The lowest BCUT2D eigenvalue weighted by Gasteiger charge is -2.37. The molecule has 178 valence electrons. The molecule has 1 fully saturated rings. The number of amides is 2. The Labute approximate surface area is 207 Å². The van der Waals surface area contributed by atoms with E-state index in [1.807, 2.05) is 59.5 Å². The molecule has 0 bridgehead atoms. The highest BCUT2D eigenvalue weighted by Gasteiger charge is 2.24. The van der Waals surface area contributed by atoms with E-state index in [0.29, 0.717) is 37.4 Å². The van der Waals surface area contributed by atoms with E-state index in [4.69, 9.17) is 12.2 Å². The fraction of sp³-hybridized carbons (Fsp3) is 0.160. The summed E-state index contributed by atoms with van der Waals surface area (Å²) >= 11 is 5.31. The third-order valence-electron chi connectivity index (χ3n) is 5.65. The van der Waals surface area contributed by atoms with Crippen LogP contribution in [0.15, 0.2) is 78.9 Å². The Morgan fingerprint density at radius 3 is 2.20 bits per heavy atom. The molecule has 0 spiro atoms. The van der Waals surface area contributed by atoms with Crippen LogP contribution in [0.2, 0.25) is 0 Å². The molecule has 3 aromatic carbocycles. The highest BCUT2D eigenvalue weighted by molar-refractivity contribution is 7.80. The van der Waals surface area contributed by atoms with Crippen LogP contribution in [-0.4, -0.2) is 52.9 Å². The Morgan fingerprint density at radius 1 is 0.857 bits per heavy atom. The van der Waals surface area contributed by atoms with Gasteiger partial charge in [0, 0.05) is 37.8 Å². The quantitative estimate of drug-likeness (QED) is 0.320. The number of nitro benzene ring substituents is 1. The van der Waals surface area contributed by atoms with E-state index in [1.54, 1.807) is 6.07 Å². The number of thiocarbonyl (C=S) groups is 1. The van der Waals surface area contributed by atoms with Crippen LogP contribution in [0.4, 0.5) is 17.1 Å². The summed E-state index contributed by atoms with van der Waals surface area (Å²) in [7, 11) is 0. The van der Waals surface area contributed by atoms with Gasteiger partial charge in [-0.1, -0.05) is 42.5 Å². The lowest BCUT2D eigenvalue weighted by atomic mass is 10.1. The van der Waals surface area contributed by atoms with E-state index >= 15 is 0 Å². The topological polar surface area (TPSA) is 108 Å². The van der Waals surface area contributed by atoms with Crippen molar-refractivity contribution in [3.8, 4) is 0 Å². The molecule has 3 aromatic rings. The van der Waals surface area contributed by atoms with E-state index in [9.17, 15) is 19.7 Å². The van der Waals surface area contributed by atoms with Crippen molar-refractivity contribution < 1.29 is 14.5 Å². The van der Waals surface area contributed by atoms with Gasteiger partial charge in [0.2, 0.25) is 0 Å². The number of carbonyl (C=O) groups excluding carboxylic acids is 2. The van der Waals surface area contributed by atoms with E-state index < -0.39 is 10.8 Å². The van der Waals surface area contributed by atoms with E-state index in [1.165, 1.54) is 18.2 Å². The SMILES string of the molecule is O=C(NC(=S)Nc1ccccc1N1CCN(C(=O)c2ccccc2)CC1)c1ccccc1[N+](=O)[O-]. The molecule has 1 saturated heterocycles. The highest BCUT2D eigenvalue weighted by atomic mass is 32.1. The molecule has 1 heterocycles. The minimum Gasteiger partial charge on any atom is -0.366 e. The second kappa shape index (κ2) is 10.7. The Morgan fingerprint density at radius 2 is 1.49 bits per heavy atom. The first kappa shape index (κ1) is 23.8.